The number of urea groups is 1. The number of aryl methyl sites for hydroxylation is 2. The highest BCUT2D eigenvalue weighted by atomic mass is 16.2. The first-order valence-electron chi connectivity index (χ1n) is 10.4. The van der Waals surface area contributed by atoms with Gasteiger partial charge in [-0.3, -0.25) is 4.90 Å². The molecule has 0 heterocycles. The van der Waals surface area contributed by atoms with Crippen molar-refractivity contribution < 1.29 is 4.79 Å². The summed E-state index contributed by atoms with van der Waals surface area (Å²) in [5.41, 5.74) is 5.20. The molecule has 2 amide bonds. The molecule has 0 atom stereocenters. The van der Waals surface area contributed by atoms with Gasteiger partial charge in [-0.2, -0.15) is 0 Å². The number of nitrogens with zero attached hydrogens (tertiary/aromatic N) is 2. The molecule has 3 aromatic carbocycles. The molecular weight excluding hydrogens is 356 g/mol. The maximum absolute atomic E-state index is 13.9. The van der Waals surface area contributed by atoms with Crippen LogP contribution in [0.2, 0.25) is 0 Å². The van der Waals surface area contributed by atoms with Crippen LogP contribution < -0.4 is 4.90 Å². The number of hydrogen-bond acceptors (Lipinski definition) is 1. The second-order valence-corrected chi connectivity index (χ2v) is 7.50. The van der Waals surface area contributed by atoms with Crippen LogP contribution in [0.5, 0.6) is 0 Å². The van der Waals surface area contributed by atoms with Gasteiger partial charge in [0.25, 0.3) is 0 Å². The molecule has 0 radical (unpaired) electrons. The van der Waals surface area contributed by atoms with E-state index in [0.717, 1.165) is 47.5 Å². The monoisotopic (exact) mass is 386 g/mol. The molecule has 0 unspecified atom stereocenters. The van der Waals surface area contributed by atoms with Crippen LogP contribution in [-0.2, 0) is 6.54 Å². The molecule has 0 aliphatic carbocycles. The lowest BCUT2D eigenvalue weighted by molar-refractivity contribution is 0.203. The molecule has 0 fully saturated rings. The minimum atomic E-state index is 0.0159. The summed E-state index contributed by atoms with van der Waals surface area (Å²) in [7, 11) is 0. The smallest absolute Gasteiger partial charge is 0.320 e. The molecule has 0 saturated heterocycles. The predicted molar refractivity (Wildman–Crippen MR) is 122 cm³/mol. The molecular formula is C26H30N2O. The van der Waals surface area contributed by atoms with Crippen LogP contribution in [0.3, 0.4) is 0 Å². The summed E-state index contributed by atoms with van der Waals surface area (Å²) in [5.74, 6) is 0. The number of hydrogen-bond donors (Lipinski definition) is 0. The van der Waals surface area contributed by atoms with E-state index in [-0.39, 0.29) is 6.03 Å². The quantitative estimate of drug-likeness (QED) is 0.435. The Bertz CT molecular complexity index is 922. The van der Waals surface area contributed by atoms with Crippen molar-refractivity contribution in [3.8, 4) is 0 Å². The molecule has 3 heteroatoms. The summed E-state index contributed by atoms with van der Waals surface area (Å²) in [6.45, 7) is 7.62. The summed E-state index contributed by atoms with van der Waals surface area (Å²) in [6, 6.07) is 26.4. The molecule has 0 bridgehead atoms. The minimum absolute atomic E-state index is 0.0159. The molecule has 0 N–H and O–H groups in total. The Hall–Kier alpha value is -3.07. The normalized spacial score (nSPS) is 10.6. The number of amides is 2. The molecule has 0 spiro atoms. The Balaban J connectivity index is 2.02. The zero-order valence-corrected chi connectivity index (χ0v) is 17.6. The van der Waals surface area contributed by atoms with Gasteiger partial charge in [-0.05, 0) is 55.2 Å². The number of para-hydroxylation sites is 1. The number of carbonyl (C=O) groups excluding carboxylic acids is 1. The lowest BCUT2D eigenvalue weighted by Gasteiger charge is -2.32. The number of anilines is 2. The zero-order chi connectivity index (χ0) is 20.6. The second-order valence-electron chi connectivity index (χ2n) is 7.50. The largest absolute Gasteiger partial charge is 0.329 e. The van der Waals surface area contributed by atoms with E-state index in [1.165, 1.54) is 0 Å². The maximum atomic E-state index is 13.9. The van der Waals surface area contributed by atoms with Gasteiger partial charge in [0.05, 0.1) is 11.4 Å². The third-order valence-electron chi connectivity index (χ3n) is 5.08. The first kappa shape index (κ1) is 20.7. The Morgan fingerprint density at radius 1 is 0.862 bits per heavy atom. The highest BCUT2D eigenvalue weighted by Gasteiger charge is 2.25. The van der Waals surface area contributed by atoms with Crippen molar-refractivity contribution in [1.82, 2.24) is 4.90 Å². The Morgan fingerprint density at radius 2 is 1.52 bits per heavy atom. The molecule has 29 heavy (non-hydrogen) atoms. The second kappa shape index (κ2) is 9.92. The lowest BCUT2D eigenvalue weighted by atomic mass is 10.1. The molecule has 3 aromatic rings. The van der Waals surface area contributed by atoms with Gasteiger partial charge in [0, 0.05) is 13.1 Å². The number of unbranched alkanes of at least 4 members (excludes halogenated alkanes) is 1. The minimum Gasteiger partial charge on any atom is -0.320 e. The predicted octanol–water partition coefficient (Wildman–Crippen LogP) is 6.86. The molecule has 150 valence electrons. The molecule has 0 saturated carbocycles. The van der Waals surface area contributed by atoms with Gasteiger partial charge in [-0.1, -0.05) is 74.0 Å². The highest BCUT2D eigenvalue weighted by molar-refractivity contribution is 6.00. The molecule has 0 aliphatic heterocycles. The van der Waals surface area contributed by atoms with Crippen LogP contribution in [0, 0.1) is 13.8 Å². The van der Waals surface area contributed by atoms with E-state index < -0.39 is 0 Å². The van der Waals surface area contributed by atoms with Crippen molar-refractivity contribution in [2.45, 2.75) is 40.2 Å². The van der Waals surface area contributed by atoms with Gasteiger partial charge in [0.2, 0.25) is 0 Å². The maximum Gasteiger partial charge on any atom is 0.329 e. The Labute approximate surface area is 174 Å². The van der Waals surface area contributed by atoms with E-state index in [1.807, 2.05) is 58.3 Å². The fourth-order valence-electron chi connectivity index (χ4n) is 3.43. The first-order chi connectivity index (χ1) is 14.1. The molecule has 0 aliphatic rings. The summed E-state index contributed by atoms with van der Waals surface area (Å²) >= 11 is 0. The summed E-state index contributed by atoms with van der Waals surface area (Å²) in [6.07, 6.45) is 2.03. The van der Waals surface area contributed by atoms with E-state index in [1.54, 1.807) is 0 Å². The fourth-order valence-corrected chi connectivity index (χ4v) is 3.43. The average Bonchev–Trinajstić information content (AvgIpc) is 2.75. The van der Waals surface area contributed by atoms with Gasteiger partial charge in [0.1, 0.15) is 0 Å². The van der Waals surface area contributed by atoms with Crippen LogP contribution in [0.25, 0.3) is 0 Å². The van der Waals surface area contributed by atoms with E-state index in [2.05, 4.69) is 51.1 Å². The van der Waals surface area contributed by atoms with Crippen molar-refractivity contribution in [2.24, 2.45) is 0 Å². The molecule has 3 rings (SSSR count). The SMILES string of the molecule is CCCCN(Cc1ccccc1)C(=O)N(c1ccccc1)c1cc(C)ccc1C. The Morgan fingerprint density at radius 3 is 2.17 bits per heavy atom. The highest BCUT2D eigenvalue weighted by Crippen LogP contribution is 2.31. The van der Waals surface area contributed by atoms with Crippen LogP contribution >= 0.6 is 0 Å². The number of rotatable bonds is 7. The number of benzene rings is 3. The van der Waals surface area contributed by atoms with E-state index in [4.69, 9.17) is 0 Å². The summed E-state index contributed by atoms with van der Waals surface area (Å²) in [4.78, 5) is 17.7. The van der Waals surface area contributed by atoms with Crippen molar-refractivity contribution in [3.63, 3.8) is 0 Å². The van der Waals surface area contributed by atoms with Crippen molar-refractivity contribution in [1.29, 1.82) is 0 Å². The third kappa shape index (κ3) is 5.26. The van der Waals surface area contributed by atoms with E-state index in [9.17, 15) is 4.79 Å². The lowest BCUT2D eigenvalue weighted by Crippen LogP contribution is -2.41. The van der Waals surface area contributed by atoms with E-state index >= 15 is 0 Å². The van der Waals surface area contributed by atoms with Gasteiger partial charge in [-0.15, -0.1) is 0 Å². The summed E-state index contributed by atoms with van der Waals surface area (Å²) in [5, 5.41) is 0. The van der Waals surface area contributed by atoms with Crippen molar-refractivity contribution in [3.05, 3.63) is 95.6 Å². The van der Waals surface area contributed by atoms with Crippen molar-refractivity contribution in [2.75, 3.05) is 11.4 Å². The van der Waals surface area contributed by atoms with Crippen LogP contribution in [0.4, 0.5) is 16.2 Å². The van der Waals surface area contributed by atoms with E-state index in [0.29, 0.717) is 6.54 Å². The van der Waals surface area contributed by atoms with Gasteiger partial charge in [0.15, 0.2) is 0 Å². The van der Waals surface area contributed by atoms with Crippen molar-refractivity contribution >= 4 is 17.4 Å². The number of carbonyl (C=O) groups is 1. The third-order valence-corrected chi connectivity index (χ3v) is 5.08. The Kier molecular flexibility index (Phi) is 7.07. The molecule has 0 aromatic heterocycles. The van der Waals surface area contributed by atoms with Gasteiger partial charge in [-0.25, -0.2) is 4.79 Å². The standard InChI is InChI=1S/C26H30N2O/c1-4-5-18-27(20-23-12-8-6-9-13-23)26(29)28(24-14-10-7-11-15-24)25-19-21(2)16-17-22(25)3/h6-17,19H,4-5,18,20H2,1-3H3. The van der Waals surface area contributed by atoms with Crippen LogP contribution in [-0.4, -0.2) is 17.5 Å². The van der Waals surface area contributed by atoms with Gasteiger partial charge >= 0.3 is 6.03 Å². The molecule has 3 nitrogen and oxygen atoms in total. The van der Waals surface area contributed by atoms with Crippen LogP contribution in [0.1, 0.15) is 36.5 Å². The topological polar surface area (TPSA) is 23.6 Å². The van der Waals surface area contributed by atoms with Crippen LogP contribution in [0.15, 0.2) is 78.9 Å². The first-order valence-corrected chi connectivity index (χ1v) is 10.4. The average molecular weight is 387 g/mol. The summed E-state index contributed by atoms with van der Waals surface area (Å²) < 4.78 is 0. The van der Waals surface area contributed by atoms with Gasteiger partial charge < -0.3 is 4.90 Å². The fraction of sp³-hybridized carbons (Fsp3) is 0.269. The zero-order valence-electron chi connectivity index (χ0n) is 17.6.